The molecule has 4 rings (SSSR count). The third kappa shape index (κ3) is 7.09. The second kappa shape index (κ2) is 11.3. The van der Waals surface area contributed by atoms with Gasteiger partial charge in [-0.3, -0.25) is 9.78 Å². The Kier molecular flexibility index (Phi) is 8.16. The van der Waals surface area contributed by atoms with Gasteiger partial charge in [-0.25, -0.2) is 4.39 Å². The van der Waals surface area contributed by atoms with Crippen LogP contribution in [0.3, 0.4) is 0 Å². The molecule has 2 aromatic carbocycles. The van der Waals surface area contributed by atoms with Crippen molar-refractivity contribution in [3.05, 3.63) is 77.2 Å². The van der Waals surface area contributed by atoms with Gasteiger partial charge in [0.25, 0.3) is 0 Å². The highest BCUT2D eigenvalue weighted by molar-refractivity contribution is 5.70. The average Bonchev–Trinajstić information content (AvgIpc) is 3.71. The van der Waals surface area contributed by atoms with Crippen LogP contribution >= 0.6 is 0 Å². The number of benzene rings is 2. The molecule has 0 aliphatic heterocycles. The molecule has 1 atom stereocenters. The first-order valence-electron chi connectivity index (χ1n) is 12.8. The Morgan fingerprint density at radius 2 is 1.86 bits per heavy atom. The number of esters is 1. The Hall–Kier alpha value is -3.41. The van der Waals surface area contributed by atoms with Crippen LogP contribution in [0.15, 0.2) is 54.7 Å². The number of halogens is 1. The van der Waals surface area contributed by atoms with Crippen molar-refractivity contribution in [2.24, 2.45) is 11.3 Å². The Bertz CT molecular complexity index is 1250. The lowest BCUT2D eigenvalue weighted by molar-refractivity contribution is -0.141. The van der Waals surface area contributed by atoms with Gasteiger partial charge in [0.15, 0.2) is 0 Å². The fourth-order valence-corrected chi connectivity index (χ4v) is 4.72. The van der Waals surface area contributed by atoms with Gasteiger partial charge in [-0.05, 0) is 84.0 Å². The fraction of sp³-hybridized carbons (Fsp3) is 0.419. The Morgan fingerprint density at radius 3 is 2.54 bits per heavy atom. The number of aromatic nitrogens is 1. The summed E-state index contributed by atoms with van der Waals surface area (Å²) in [4.78, 5) is 16.6. The number of rotatable bonds is 10. The molecule has 1 aliphatic rings. The predicted octanol–water partition coefficient (Wildman–Crippen LogP) is 7.12. The van der Waals surface area contributed by atoms with E-state index in [0.29, 0.717) is 36.0 Å². The Morgan fingerprint density at radius 1 is 1.08 bits per heavy atom. The summed E-state index contributed by atoms with van der Waals surface area (Å²) in [6, 6.07) is 14.7. The van der Waals surface area contributed by atoms with Gasteiger partial charge < -0.3 is 14.2 Å². The van der Waals surface area contributed by atoms with E-state index in [1.807, 2.05) is 18.2 Å². The zero-order chi connectivity index (χ0) is 26.6. The molecule has 0 amide bonds. The van der Waals surface area contributed by atoms with Crippen LogP contribution in [0.1, 0.15) is 62.6 Å². The summed E-state index contributed by atoms with van der Waals surface area (Å²) in [5, 5.41) is 0. The molecule has 1 fully saturated rings. The molecular formula is C31H36FNO4. The monoisotopic (exact) mass is 505 g/mol. The van der Waals surface area contributed by atoms with Crippen LogP contribution < -0.4 is 9.47 Å². The highest BCUT2D eigenvalue weighted by Crippen LogP contribution is 2.45. The van der Waals surface area contributed by atoms with Crippen LogP contribution in [0, 0.1) is 17.2 Å². The van der Waals surface area contributed by atoms with E-state index in [0.717, 1.165) is 41.7 Å². The number of carbonyl (C=O) groups is 1. The molecule has 37 heavy (non-hydrogen) atoms. The molecule has 0 bridgehead atoms. The van der Waals surface area contributed by atoms with E-state index < -0.39 is 0 Å². The van der Waals surface area contributed by atoms with Crippen LogP contribution in [-0.2, 0) is 22.6 Å². The molecule has 6 heteroatoms. The zero-order valence-electron chi connectivity index (χ0n) is 22.3. The second-order valence-corrected chi connectivity index (χ2v) is 11.0. The summed E-state index contributed by atoms with van der Waals surface area (Å²) in [5.74, 6) is 1.48. The third-order valence-electron chi connectivity index (χ3n) is 6.67. The standard InChI is InChI=1S/C31H36FNO4/c1-31(2,3)17-23-13-20(18-33-30(23)27-15-24(35-4)11-12-28(27)32)19-37-25-8-6-7-22(14-25)26(21-9-10-21)16-29(34)36-5/h6-8,11-15,18,21,26H,9-10,16-17,19H2,1-5H3. The van der Waals surface area contributed by atoms with E-state index in [1.165, 1.54) is 13.2 Å². The van der Waals surface area contributed by atoms with Crippen molar-refractivity contribution >= 4 is 5.97 Å². The third-order valence-corrected chi connectivity index (χ3v) is 6.67. The molecule has 1 aliphatic carbocycles. The summed E-state index contributed by atoms with van der Waals surface area (Å²) >= 11 is 0. The predicted molar refractivity (Wildman–Crippen MR) is 142 cm³/mol. The summed E-state index contributed by atoms with van der Waals surface area (Å²) < 4.78 is 31.2. The van der Waals surface area contributed by atoms with Gasteiger partial charge in [0.2, 0.25) is 0 Å². The number of hydrogen-bond donors (Lipinski definition) is 0. The van der Waals surface area contributed by atoms with E-state index in [-0.39, 0.29) is 23.1 Å². The Labute approximate surface area is 219 Å². The number of carbonyl (C=O) groups excluding carboxylic acids is 1. The van der Waals surface area contributed by atoms with E-state index in [9.17, 15) is 9.18 Å². The summed E-state index contributed by atoms with van der Waals surface area (Å²) in [6.07, 6.45) is 5.12. The Balaban J connectivity index is 1.56. The van der Waals surface area contributed by atoms with Gasteiger partial charge in [-0.1, -0.05) is 32.9 Å². The van der Waals surface area contributed by atoms with Gasteiger partial charge in [0.1, 0.15) is 23.9 Å². The molecule has 0 radical (unpaired) electrons. The van der Waals surface area contributed by atoms with Gasteiger partial charge in [-0.2, -0.15) is 0 Å². The van der Waals surface area contributed by atoms with Gasteiger partial charge in [0.05, 0.1) is 26.3 Å². The molecule has 1 unspecified atom stereocenters. The molecule has 0 spiro atoms. The number of ether oxygens (including phenoxy) is 3. The quantitative estimate of drug-likeness (QED) is 0.275. The number of pyridine rings is 1. The van der Waals surface area contributed by atoms with Crippen LogP contribution in [-0.4, -0.2) is 25.2 Å². The zero-order valence-corrected chi connectivity index (χ0v) is 22.3. The largest absolute Gasteiger partial charge is 0.497 e. The van der Waals surface area contributed by atoms with E-state index in [1.54, 1.807) is 25.4 Å². The summed E-state index contributed by atoms with van der Waals surface area (Å²) in [7, 11) is 3.00. The molecule has 1 saturated carbocycles. The lowest BCUT2D eigenvalue weighted by atomic mass is 9.86. The van der Waals surface area contributed by atoms with E-state index >= 15 is 0 Å². The maximum Gasteiger partial charge on any atom is 0.306 e. The van der Waals surface area contributed by atoms with Crippen molar-refractivity contribution < 1.29 is 23.4 Å². The van der Waals surface area contributed by atoms with Crippen molar-refractivity contribution in [1.29, 1.82) is 0 Å². The smallest absolute Gasteiger partial charge is 0.306 e. The highest BCUT2D eigenvalue weighted by Gasteiger charge is 2.34. The minimum Gasteiger partial charge on any atom is -0.497 e. The van der Waals surface area contributed by atoms with Crippen LogP contribution in [0.5, 0.6) is 11.5 Å². The normalized spacial score (nSPS) is 14.2. The summed E-state index contributed by atoms with van der Waals surface area (Å²) in [6.45, 7) is 6.79. The molecule has 1 heterocycles. The van der Waals surface area contributed by atoms with Crippen molar-refractivity contribution in [3.8, 4) is 22.8 Å². The first-order chi connectivity index (χ1) is 17.7. The SMILES string of the molecule is COC(=O)CC(c1cccc(OCc2cnc(-c3cc(OC)ccc3F)c(CC(C)(C)C)c2)c1)C1CC1. The molecule has 196 valence electrons. The minimum absolute atomic E-state index is 0.0168. The first kappa shape index (κ1) is 26.6. The molecule has 0 saturated heterocycles. The maximum absolute atomic E-state index is 14.8. The fourth-order valence-electron chi connectivity index (χ4n) is 4.72. The number of hydrogen-bond acceptors (Lipinski definition) is 5. The first-order valence-corrected chi connectivity index (χ1v) is 12.8. The molecule has 3 aromatic rings. The van der Waals surface area contributed by atoms with Crippen LogP contribution in [0.4, 0.5) is 4.39 Å². The van der Waals surface area contributed by atoms with Gasteiger partial charge >= 0.3 is 5.97 Å². The summed E-state index contributed by atoms with van der Waals surface area (Å²) in [5.41, 5.74) is 3.99. The van der Waals surface area contributed by atoms with E-state index in [4.69, 9.17) is 14.2 Å². The van der Waals surface area contributed by atoms with Crippen molar-refractivity contribution in [1.82, 2.24) is 4.98 Å². The molecule has 1 aromatic heterocycles. The lowest BCUT2D eigenvalue weighted by Crippen LogP contribution is -2.12. The van der Waals surface area contributed by atoms with Crippen LogP contribution in [0.25, 0.3) is 11.3 Å². The lowest BCUT2D eigenvalue weighted by Gasteiger charge is -2.21. The van der Waals surface area contributed by atoms with Gasteiger partial charge in [0, 0.05) is 17.3 Å². The minimum atomic E-state index is -0.332. The van der Waals surface area contributed by atoms with Crippen molar-refractivity contribution in [2.75, 3.05) is 14.2 Å². The van der Waals surface area contributed by atoms with Crippen molar-refractivity contribution in [3.63, 3.8) is 0 Å². The van der Waals surface area contributed by atoms with Gasteiger partial charge in [-0.15, -0.1) is 0 Å². The topological polar surface area (TPSA) is 57.7 Å². The molecule has 5 nitrogen and oxygen atoms in total. The van der Waals surface area contributed by atoms with Crippen LogP contribution in [0.2, 0.25) is 0 Å². The van der Waals surface area contributed by atoms with E-state index in [2.05, 4.69) is 37.9 Å². The second-order valence-electron chi connectivity index (χ2n) is 11.0. The average molecular weight is 506 g/mol. The van der Waals surface area contributed by atoms with Crippen molar-refractivity contribution in [2.45, 2.75) is 59.0 Å². The molecular weight excluding hydrogens is 469 g/mol. The highest BCUT2D eigenvalue weighted by atomic mass is 19.1. The maximum atomic E-state index is 14.8. The number of nitrogens with zero attached hydrogens (tertiary/aromatic N) is 1. The number of methoxy groups -OCH3 is 2. The molecule has 0 N–H and O–H groups in total.